The van der Waals surface area contributed by atoms with Crippen LogP contribution in [0.5, 0.6) is 5.75 Å². The normalized spacial score (nSPS) is 17.1. The van der Waals surface area contributed by atoms with Gasteiger partial charge in [0.2, 0.25) is 0 Å². The number of benzene rings is 1. The topological polar surface area (TPSA) is 33.0 Å². The van der Waals surface area contributed by atoms with Gasteiger partial charge >= 0.3 is 0 Å². The largest absolute Gasteiger partial charge is 0.496 e. The summed E-state index contributed by atoms with van der Waals surface area (Å²) in [6.07, 6.45) is 3.94. The minimum Gasteiger partial charge on any atom is -0.496 e. The van der Waals surface area contributed by atoms with Gasteiger partial charge in [0.25, 0.3) is 0 Å². The highest BCUT2D eigenvalue weighted by Gasteiger charge is 2.29. The first-order valence-corrected chi connectivity index (χ1v) is 6.16. The third-order valence-corrected chi connectivity index (χ3v) is 3.82. The van der Waals surface area contributed by atoms with Crippen molar-refractivity contribution in [1.29, 1.82) is 5.26 Å². The molecule has 2 heteroatoms. The second-order valence-electron chi connectivity index (χ2n) is 5.34. The minimum absolute atomic E-state index is 0.226. The Morgan fingerprint density at radius 1 is 1.41 bits per heavy atom. The Labute approximate surface area is 103 Å². The van der Waals surface area contributed by atoms with Crippen molar-refractivity contribution in [3.8, 4) is 11.8 Å². The average molecular weight is 229 g/mol. The Morgan fingerprint density at radius 2 is 2.18 bits per heavy atom. The number of fused-ring (bicyclic) bond motifs is 1. The van der Waals surface area contributed by atoms with Crippen molar-refractivity contribution in [3.63, 3.8) is 0 Å². The smallest absolute Gasteiger partial charge is 0.123 e. The third-order valence-electron chi connectivity index (χ3n) is 3.82. The molecule has 0 bridgehead atoms. The first-order chi connectivity index (χ1) is 8.10. The fourth-order valence-electron chi connectivity index (χ4n) is 2.90. The SMILES string of the molecule is COc1ccc2c(c1CC#N)CCCC2(C)C. The summed E-state index contributed by atoms with van der Waals surface area (Å²) in [6.45, 7) is 4.57. The average Bonchev–Trinajstić information content (AvgIpc) is 2.30. The van der Waals surface area contributed by atoms with Gasteiger partial charge in [0.15, 0.2) is 0 Å². The lowest BCUT2D eigenvalue weighted by Gasteiger charge is -2.34. The number of nitriles is 1. The molecule has 0 N–H and O–H groups in total. The van der Waals surface area contributed by atoms with Crippen LogP contribution in [0.3, 0.4) is 0 Å². The minimum atomic E-state index is 0.226. The van der Waals surface area contributed by atoms with Crippen LogP contribution < -0.4 is 4.74 Å². The summed E-state index contributed by atoms with van der Waals surface area (Å²) >= 11 is 0. The molecule has 0 atom stereocenters. The maximum Gasteiger partial charge on any atom is 0.123 e. The van der Waals surface area contributed by atoms with Crippen molar-refractivity contribution >= 4 is 0 Å². The highest BCUT2D eigenvalue weighted by molar-refractivity contribution is 5.50. The summed E-state index contributed by atoms with van der Waals surface area (Å²) in [4.78, 5) is 0. The van der Waals surface area contributed by atoms with Crippen LogP contribution in [0.2, 0.25) is 0 Å². The first-order valence-electron chi connectivity index (χ1n) is 6.16. The van der Waals surface area contributed by atoms with Gasteiger partial charge in [-0.25, -0.2) is 0 Å². The zero-order chi connectivity index (χ0) is 12.5. The number of ether oxygens (including phenoxy) is 1. The highest BCUT2D eigenvalue weighted by Crippen LogP contribution is 2.40. The molecule has 1 aliphatic carbocycles. The molecule has 1 aromatic carbocycles. The summed E-state index contributed by atoms with van der Waals surface area (Å²) in [5, 5.41) is 8.97. The van der Waals surface area contributed by atoms with Crippen LogP contribution in [0.1, 0.15) is 43.4 Å². The zero-order valence-corrected chi connectivity index (χ0v) is 10.8. The molecule has 0 radical (unpaired) electrons. The van der Waals surface area contributed by atoms with Crippen molar-refractivity contribution < 1.29 is 4.74 Å². The zero-order valence-electron chi connectivity index (χ0n) is 10.8. The molecule has 0 saturated carbocycles. The molecule has 1 aliphatic rings. The molecule has 17 heavy (non-hydrogen) atoms. The molecule has 90 valence electrons. The quantitative estimate of drug-likeness (QED) is 0.779. The molecule has 0 fully saturated rings. The predicted octanol–water partition coefficient (Wildman–Crippen LogP) is 3.38. The molecule has 2 rings (SSSR count). The Balaban J connectivity index is 2.60. The van der Waals surface area contributed by atoms with Crippen molar-refractivity contribution in [2.24, 2.45) is 0 Å². The number of nitrogens with zero attached hydrogens (tertiary/aromatic N) is 1. The Morgan fingerprint density at radius 3 is 2.82 bits per heavy atom. The molecule has 1 aromatic rings. The molecule has 0 aliphatic heterocycles. The van der Waals surface area contributed by atoms with Gasteiger partial charge in [0.05, 0.1) is 19.6 Å². The molecule has 0 heterocycles. The van der Waals surface area contributed by atoms with Crippen LogP contribution in [0.15, 0.2) is 12.1 Å². The van der Waals surface area contributed by atoms with E-state index in [1.165, 1.54) is 24.0 Å². The van der Waals surface area contributed by atoms with Crippen LogP contribution in [-0.2, 0) is 18.3 Å². The second-order valence-corrected chi connectivity index (χ2v) is 5.34. The van der Waals surface area contributed by atoms with E-state index in [1.807, 2.05) is 6.07 Å². The lowest BCUT2D eigenvalue weighted by molar-refractivity contribution is 0.401. The van der Waals surface area contributed by atoms with Gasteiger partial charge in [-0.05, 0) is 41.9 Å². The standard InChI is InChI=1S/C15H19NO/c1-15(2)9-4-5-11-12(8-10-16)14(17-3)7-6-13(11)15/h6-7H,4-5,8-9H2,1-3H3. The molecule has 0 unspecified atom stereocenters. The maximum atomic E-state index is 8.97. The van der Waals surface area contributed by atoms with E-state index in [0.29, 0.717) is 6.42 Å². The maximum absolute atomic E-state index is 8.97. The van der Waals surface area contributed by atoms with Gasteiger partial charge in [0.1, 0.15) is 5.75 Å². The molecule has 2 nitrogen and oxygen atoms in total. The van der Waals surface area contributed by atoms with E-state index in [1.54, 1.807) is 7.11 Å². The summed E-state index contributed by atoms with van der Waals surface area (Å²) in [7, 11) is 1.68. The third kappa shape index (κ3) is 2.02. The van der Waals surface area contributed by atoms with E-state index in [0.717, 1.165) is 17.7 Å². The van der Waals surface area contributed by atoms with Crippen LogP contribution in [0.4, 0.5) is 0 Å². The molecule has 0 spiro atoms. The molecular formula is C15H19NO. The van der Waals surface area contributed by atoms with Crippen LogP contribution >= 0.6 is 0 Å². The number of methoxy groups -OCH3 is 1. The van der Waals surface area contributed by atoms with Gasteiger partial charge in [-0.3, -0.25) is 0 Å². The van der Waals surface area contributed by atoms with Gasteiger partial charge in [-0.1, -0.05) is 19.9 Å². The summed E-state index contributed by atoms with van der Waals surface area (Å²) in [5.74, 6) is 0.864. The molecule has 0 amide bonds. The lowest BCUT2D eigenvalue weighted by atomic mass is 9.71. The predicted molar refractivity (Wildman–Crippen MR) is 68.3 cm³/mol. The van der Waals surface area contributed by atoms with Crippen molar-refractivity contribution in [2.45, 2.75) is 44.9 Å². The van der Waals surface area contributed by atoms with Crippen LogP contribution in [-0.4, -0.2) is 7.11 Å². The van der Waals surface area contributed by atoms with E-state index in [4.69, 9.17) is 10.00 Å². The van der Waals surface area contributed by atoms with Gasteiger partial charge in [0, 0.05) is 5.56 Å². The van der Waals surface area contributed by atoms with Crippen molar-refractivity contribution in [2.75, 3.05) is 7.11 Å². The summed E-state index contributed by atoms with van der Waals surface area (Å²) < 4.78 is 5.38. The number of rotatable bonds is 2. The van der Waals surface area contributed by atoms with E-state index in [2.05, 4.69) is 26.0 Å². The Hall–Kier alpha value is -1.49. The number of hydrogen-bond acceptors (Lipinski definition) is 2. The Bertz CT molecular complexity index is 469. The van der Waals surface area contributed by atoms with E-state index in [9.17, 15) is 0 Å². The molecular weight excluding hydrogens is 210 g/mol. The van der Waals surface area contributed by atoms with Gasteiger partial charge < -0.3 is 4.74 Å². The van der Waals surface area contributed by atoms with Gasteiger partial charge in [-0.2, -0.15) is 5.26 Å². The fraction of sp³-hybridized carbons (Fsp3) is 0.533. The summed E-state index contributed by atoms with van der Waals surface area (Å²) in [6, 6.07) is 6.44. The highest BCUT2D eigenvalue weighted by atomic mass is 16.5. The van der Waals surface area contributed by atoms with Crippen molar-refractivity contribution in [1.82, 2.24) is 0 Å². The Kier molecular flexibility index (Phi) is 3.11. The second kappa shape index (κ2) is 4.41. The van der Waals surface area contributed by atoms with E-state index in [-0.39, 0.29) is 5.41 Å². The lowest BCUT2D eigenvalue weighted by Crippen LogP contribution is -2.25. The molecule has 0 saturated heterocycles. The van der Waals surface area contributed by atoms with Crippen molar-refractivity contribution in [3.05, 3.63) is 28.8 Å². The fourth-order valence-corrected chi connectivity index (χ4v) is 2.90. The van der Waals surface area contributed by atoms with E-state index >= 15 is 0 Å². The van der Waals surface area contributed by atoms with E-state index < -0.39 is 0 Å². The number of hydrogen-bond donors (Lipinski definition) is 0. The van der Waals surface area contributed by atoms with Crippen LogP contribution in [0, 0.1) is 11.3 Å². The van der Waals surface area contributed by atoms with Gasteiger partial charge in [-0.15, -0.1) is 0 Å². The monoisotopic (exact) mass is 229 g/mol. The van der Waals surface area contributed by atoms with Crippen LogP contribution in [0.25, 0.3) is 0 Å². The first kappa shape index (κ1) is 12.0. The summed E-state index contributed by atoms with van der Waals surface area (Å²) in [5.41, 5.74) is 4.07. The molecule has 0 aromatic heterocycles.